The zero-order chi connectivity index (χ0) is 8.43. The normalized spacial score (nSPS) is 10.0. The van der Waals surface area contributed by atoms with Crippen LogP contribution in [0.25, 0.3) is 0 Å². The molecule has 0 atom stereocenters. The third-order valence-electron chi connectivity index (χ3n) is 1.40. The van der Waals surface area contributed by atoms with E-state index in [0.717, 1.165) is 9.25 Å². The lowest BCUT2D eigenvalue weighted by Gasteiger charge is -1.98. The molecule has 0 unspecified atom stereocenters. The Kier molecular flexibility index (Phi) is 1.89. The molecule has 1 rings (SSSR count). The van der Waals surface area contributed by atoms with Crippen LogP contribution in [0.2, 0.25) is 0 Å². The molecule has 0 radical (unpaired) electrons. The van der Waals surface area contributed by atoms with Crippen molar-refractivity contribution in [2.24, 2.45) is 7.05 Å². The van der Waals surface area contributed by atoms with Gasteiger partial charge in [0.1, 0.15) is 6.33 Å². The zero-order valence-electron chi connectivity index (χ0n) is 6.44. The molecule has 0 aliphatic rings. The summed E-state index contributed by atoms with van der Waals surface area (Å²) in [4.78, 5) is 21.9. The Morgan fingerprint density at radius 2 is 2.09 bits per heavy atom. The summed E-state index contributed by atoms with van der Waals surface area (Å²) >= 11 is 0. The van der Waals surface area contributed by atoms with Gasteiger partial charge in [0.2, 0.25) is 0 Å². The summed E-state index contributed by atoms with van der Waals surface area (Å²) in [6.45, 7) is 2.18. The molecular weight excluding hydrogens is 146 g/mol. The van der Waals surface area contributed by atoms with Crippen LogP contribution in [0.3, 0.4) is 0 Å². The molecule has 0 saturated heterocycles. The van der Waals surface area contributed by atoms with Crippen LogP contribution in [0.4, 0.5) is 0 Å². The van der Waals surface area contributed by atoms with Crippen LogP contribution in [0.1, 0.15) is 6.92 Å². The second kappa shape index (κ2) is 2.69. The monoisotopic (exact) mass is 155 g/mol. The van der Waals surface area contributed by atoms with E-state index in [0.29, 0.717) is 6.54 Å². The SMILES string of the molecule is CCn1ncn(C)c(=O)c1=O. The highest BCUT2D eigenvalue weighted by Crippen LogP contribution is 1.68. The van der Waals surface area contributed by atoms with Crippen LogP contribution < -0.4 is 11.1 Å². The van der Waals surface area contributed by atoms with Gasteiger partial charge in [0.25, 0.3) is 0 Å². The molecule has 0 aliphatic heterocycles. The van der Waals surface area contributed by atoms with E-state index >= 15 is 0 Å². The van der Waals surface area contributed by atoms with E-state index in [4.69, 9.17) is 0 Å². The zero-order valence-corrected chi connectivity index (χ0v) is 6.44. The number of aryl methyl sites for hydroxylation is 2. The van der Waals surface area contributed by atoms with Gasteiger partial charge in [0.05, 0.1) is 0 Å². The van der Waals surface area contributed by atoms with Crippen molar-refractivity contribution in [2.45, 2.75) is 13.5 Å². The fourth-order valence-corrected chi connectivity index (χ4v) is 0.731. The summed E-state index contributed by atoms with van der Waals surface area (Å²) < 4.78 is 2.29. The lowest BCUT2D eigenvalue weighted by molar-refractivity contribution is 0.568. The summed E-state index contributed by atoms with van der Waals surface area (Å²) in [7, 11) is 1.50. The van der Waals surface area contributed by atoms with Crippen LogP contribution in [-0.4, -0.2) is 14.3 Å². The standard InChI is InChI=1S/C6H9N3O2/c1-3-9-6(11)5(10)8(2)4-7-9/h4H,3H2,1-2H3. The van der Waals surface area contributed by atoms with Crippen molar-refractivity contribution in [3.05, 3.63) is 27.0 Å². The maximum atomic E-state index is 11.0. The van der Waals surface area contributed by atoms with Crippen molar-refractivity contribution in [2.75, 3.05) is 0 Å². The Morgan fingerprint density at radius 3 is 2.64 bits per heavy atom. The molecule has 0 aromatic carbocycles. The molecule has 1 aromatic heterocycles. The first-order valence-corrected chi connectivity index (χ1v) is 3.29. The largest absolute Gasteiger partial charge is 0.332 e. The number of rotatable bonds is 1. The molecule has 0 bridgehead atoms. The molecule has 5 nitrogen and oxygen atoms in total. The first-order chi connectivity index (χ1) is 5.16. The van der Waals surface area contributed by atoms with Gasteiger partial charge >= 0.3 is 11.1 Å². The summed E-state index contributed by atoms with van der Waals surface area (Å²) in [6.07, 6.45) is 1.33. The van der Waals surface area contributed by atoms with Gasteiger partial charge in [-0.1, -0.05) is 0 Å². The van der Waals surface area contributed by atoms with E-state index in [9.17, 15) is 9.59 Å². The second-order valence-corrected chi connectivity index (χ2v) is 2.17. The summed E-state index contributed by atoms with van der Waals surface area (Å²) in [5.74, 6) is 0. The maximum Gasteiger partial charge on any atom is 0.332 e. The van der Waals surface area contributed by atoms with E-state index < -0.39 is 11.1 Å². The number of hydrogen-bond acceptors (Lipinski definition) is 3. The molecular formula is C6H9N3O2. The van der Waals surface area contributed by atoms with Crippen LogP contribution >= 0.6 is 0 Å². The van der Waals surface area contributed by atoms with Gasteiger partial charge in [-0.25, -0.2) is 4.68 Å². The van der Waals surface area contributed by atoms with Gasteiger partial charge in [0, 0.05) is 13.6 Å². The van der Waals surface area contributed by atoms with E-state index in [1.807, 2.05) is 0 Å². The molecule has 0 aliphatic carbocycles. The average Bonchev–Trinajstić information content (AvgIpc) is 2.01. The Labute approximate surface area is 62.9 Å². The van der Waals surface area contributed by atoms with Crippen molar-refractivity contribution in [3.8, 4) is 0 Å². The molecule has 11 heavy (non-hydrogen) atoms. The topological polar surface area (TPSA) is 56.9 Å². The van der Waals surface area contributed by atoms with E-state index in [1.165, 1.54) is 13.4 Å². The summed E-state index contributed by atoms with van der Waals surface area (Å²) in [5, 5.41) is 3.72. The molecule has 0 N–H and O–H groups in total. The molecule has 5 heteroatoms. The number of aromatic nitrogens is 3. The molecule has 0 saturated carbocycles. The van der Waals surface area contributed by atoms with Crippen LogP contribution in [0.15, 0.2) is 15.9 Å². The summed E-state index contributed by atoms with van der Waals surface area (Å²) in [5.41, 5.74) is -1.11. The van der Waals surface area contributed by atoms with Gasteiger partial charge in [-0.15, -0.1) is 0 Å². The highest BCUT2D eigenvalue weighted by molar-refractivity contribution is 4.75. The van der Waals surface area contributed by atoms with Crippen molar-refractivity contribution in [3.63, 3.8) is 0 Å². The fraction of sp³-hybridized carbons (Fsp3) is 0.500. The minimum absolute atomic E-state index is 0.426. The molecule has 0 fully saturated rings. The quantitative estimate of drug-likeness (QED) is 0.487. The minimum atomic E-state index is -0.572. The third-order valence-corrected chi connectivity index (χ3v) is 1.40. The third kappa shape index (κ3) is 1.21. The van der Waals surface area contributed by atoms with Gasteiger partial charge in [0.15, 0.2) is 0 Å². The predicted molar refractivity (Wildman–Crippen MR) is 39.4 cm³/mol. The van der Waals surface area contributed by atoms with Crippen molar-refractivity contribution in [1.29, 1.82) is 0 Å². The molecule has 0 amide bonds. The first-order valence-electron chi connectivity index (χ1n) is 3.29. The fourth-order valence-electron chi connectivity index (χ4n) is 0.731. The smallest absolute Gasteiger partial charge is 0.296 e. The Balaban J connectivity index is 3.51. The minimum Gasteiger partial charge on any atom is -0.296 e. The van der Waals surface area contributed by atoms with Gasteiger partial charge in [-0.05, 0) is 6.92 Å². The van der Waals surface area contributed by atoms with E-state index in [1.54, 1.807) is 6.92 Å². The van der Waals surface area contributed by atoms with Crippen molar-refractivity contribution in [1.82, 2.24) is 14.3 Å². The van der Waals surface area contributed by atoms with E-state index in [-0.39, 0.29) is 0 Å². The maximum absolute atomic E-state index is 11.0. The average molecular weight is 155 g/mol. The number of hydrogen-bond donors (Lipinski definition) is 0. The number of nitrogens with zero attached hydrogens (tertiary/aromatic N) is 3. The molecule has 0 spiro atoms. The summed E-state index contributed by atoms with van der Waals surface area (Å²) in [6, 6.07) is 0. The van der Waals surface area contributed by atoms with Crippen molar-refractivity contribution >= 4 is 0 Å². The first kappa shape index (κ1) is 7.71. The van der Waals surface area contributed by atoms with Gasteiger partial charge in [-0.2, -0.15) is 5.10 Å². The highest BCUT2D eigenvalue weighted by atomic mass is 16.2. The molecule has 60 valence electrons. The Hall–Kier alpha value is -1.39. The predicted octanol–water partition coefficient (Wildman–Crippen LogP) is -1.04. The highest BCUT2D eigenvalue weighted by Gasteiger charge is 1.99. The van der Waals surface area contributed by atoms with Crippen LogP contribution in [-0.2, 0) is 13.6 Å². The van der Waals surface area contributed by atoms with Crippen LogP contribution in [0.5, 0.6) is 0 Å². The van der Waals surface area contributed by atoms with Gasteiger partial charge in [-0.3, -0.25) is 14.2 Å². The molecule has 1 heterocycles. The lowest BCUT2D eigenvalue weighted by Crippen LogP contribution is -2.40. The van der Waals surface area contributed by atoms with Crippen molar-refractivity contribution < 1.29 is 0 Å². The Bertz CT molecular complexity index is 363. The van der Waals surface area contributed by atoms with Gasteiger partial charge < -0.3 is 0 Å². The Morgan fingerprint density at radius 1 is 1.45 bits per heavy atom. The van der Waals surface area contributed by atoms with E-state index in [2.05, 4.69) is 5.10 Å². The van der Waals surface area contributed by atoms with Crippen LogP contribution in [0, 0.1) is 0 Å². The lowest BCUT2D eigenvalue weighted by atomic mass is 10.7. The molecule has 1 aromatic rings. The second-order valence-electron chi connectivity index (χ2n) is 2.17.